The van der Waals surface area contributed by atoms with E-state index in [2.05, 4.69) is 6.58 Å². The first kappa shape index (κ1) is 16.1. The van der Waals surface area contributed by atoms with Gasteiger partial charge in [-0.2, -0.15) is 0 Å². The zero-order chi connectivity index (χ0) is 17.4. The van der Waals surface area contributed by atoms with Gasteiger partial charge in [-0.05, 0) is 31.0 Å². The highest BCUT2D eigenvalue weighted by molar-refractivity contribution is 6.25. The summed E-state index contributed by atoms with van der Waals surface area (Å²) in [4.78, 5) is 48.8. The van der Waals surface area contributed by atoms with Crippen molar-refractivity contribution in [3.63, 3.8) is 0 Å². The molecule has 0 bridgehead atoms. The molecule has 0 radical (unpaired) electrons. The lowest BCUT2D eigenvalue weighted by Gasteiger charge is -2.19. The molecule has 1 aliphatic carbocycles. The van der Waals surface area contributed by atoms with Crippen LogP contribution in [0, 0.1) is 12.8 Å². The van der Waals surface area contributed by atoms with E-state index in [-0.39, 0.29) is 36.5 Å². The number of nitrogens with zero attached hydrogens (tertiary/aromatic N) is 1. The van der Waals surface area contributed by atoms with Crippen LogP contribution in [0.15, 0.2) is 34.0 Å². The van der Waals surface area contributed by atoms with Crippen LogP contribution in [0.5, 0.6) is 0 Å². The predicted molar refractivity (Wildman–Crippen MR) is 87.1 cm³/mol. The Kier molecular flexibility index (Phi) is 4.05. The standard InChI is InChI=1S/C18H17NO5/c1-3-9-19-16-10(2)11(7-8-14(16)24-18(19)23)17(22)15-12(20)5-4-6-13(15)21/h3,7-8,15H,1,4-6,9H2,2H3. The van der Waals surface area contributed by atoms with Crippen LogP contribution in [-0.4, -0.2) is 21.9 Å². The Balaban J connectivity index is 2.14. The first-order chi connectivity index (χ1) is 11.5. The van der Waals surface area contributed by atoms with Crippen molar-refractivity contribution >= 4 is 28.4 Å². The van der Waals surface area contributed by atoms with Crippen molar-refractivity contribution in [3.8, 4) is 0 Å². The third-order valence-corrected chi connectivity index (χ3v) is 4.41. The van der Waals surface area contributed by atoms with Gasteiger partial charge in [0.15, 0.2) is 22.9 Å². The number of allylic oxidation sites excluding steroid dienone is 1. The molecule has 3 rings (SSSR count). The Morgan fingerprint density at radius 1 is 1.29 bits per heavy atom. The molecule has 0 unspecified atom stereocenters. The summed E-state index contributed by atoms with van der Waals surface area (Å²) in [6.45, 7) is 5.53. The number of Topliss-reactive ketones (excluding diaryl/α,β-unsaturated/α-hetero) is 3. The lowest BCUT2D eigenvalue weighted by atomic mass is 9.81. The molecule has 124 valence electrons. The molecule has 1 saturated carbocycles. The Bertz CT molecular complexity index is 915. The fourth-order valence-electron chi connectivity index (χ4n) is 3.25. The van der Waals surface area contributed by atoms with E-state index in [0.29, 0.717) is 23.1 Å². The summed E-state index contributed by atoms with van der Waals surface area (Å²) < 4.78 is 6.54. The second kappa shape index (κ2) is 6.03. The molecule has 0 atom stereocenters. The Labute approximate surface area is 137 Å². The number of aromatic nitrogens is 1. The molecule has 0 spiro atoms. The number of oxazole rings is 1. The molecular weight excluding hydrogens is 310 g/mol. The quantitative estimate of drug-likeness (QED) is 0.488. The van der Waals surface area contributed by atoms with Crippen LogP contribution in [-0.2, 0) is 16.1 Å². The van der Waals surface area contributed by atoms with E-state index in [9.17, 15) is 19.2 Å². The van der Waals surface area contributed by atoms with Crippen molar-refractivity contribution in [1.29, 1.82) is 0 Å². The number of fused-ring (bicyclic) bond motifs is 1. The molecule has 1 fully saturated rings. The van der Waals surface area contributed by atoms with Crippen LogP contribution in [0.1, 0.15) is 35.2 Å². The van der Waals surface area contributed by atoms with Crippen LogP contribution in [0.25, 0.3) is 11.1 Å². The van der Waals surface area contributed by atoms with Gasteiger partial charge < -0.3 is 4.42 Å². The number of benzene rings is 1. The lowest BCUT2D eigenvalue weighted by Crippen LogP contribution is -2.35. The van der Waals surface area contributed by atoms with Crippen molar-refractivity contribution in [2.75, 3.05) is 0 Å². The maximum absolute atomic E-state index is 12.8. The summed E-state index contributed by atoms with van der Waals surface area (Å²) in [5, 5.41) is 0. The summed E-state index contributed by atoms with van der Waals surface area (Å²) >= 11 is 0. The van der Waals surface area contributed by atoms with Gasteiger partial charge in [-0.25, -0.2) is 4.79 Å². The van der Waals surface area contributed by atoms with Gasteiger partial charge >= 0.3 is 5.76 Å². The van der Waals surface area contributed by atoms with Crippen molar-refractivity contribution < 1.29 is 18.8 Å². The van der Waals surface area contributed by atoms with Crippen LogP contribution in [0.2, 0.25) is 0 Å². The van der Waals surface area contributed by atoms with Crippen molar-refractivity contribution in [2.24, 2.45) is 5.92 Å². The maximum atomic E-state index is 12.8. The average molecular weight is 327 g/mol. The van der Waals surface area contributed by atoms with E-state index in [4.69, 9.17) is 4.42 Å². The zero-order valence-corrected chi connectivity index (χ0v) is 13.3. The molecule has 24 heavy (non-hydrogen) atoms. The smallest absolute Gasteiger partial charge is 0.408 e. The van der Waals surface area contributed by atoms with E-state index in [1.165, 1.54) is 16.7 Å². The van der Waals surface area contributed by atoms with Crippen LogP contribution < -0.4 is 5.76 Å². The SMILES string of the molecule is C=CCn1c(=O)oc2ccc(C(=O)C3C(=O)CCCC3=O)c(C)c21. The van der Waals surface area contributed by atoms with Gasteiger partial charge in [-0.3, -0.25) is 19.0 Å². The van der Waals surface area contributed by atoms with Crippen molar-refractivity contribution in [1.82, 2.24) is 4.57 Å². The van der Waals surface area contributed by atoms with Gasteiger partial charge in [0.1, 0.15) is 5.92 Å². The van der Waals surface area contributed by atoms with Crippen LogP contribution in [0.3, 0.4) is 0 Å². The lowest BCUT2D eigenvalue weighted by molar-refractivity contribution is -0.133. The highest BCUT2D eigenvalue weighted by Gasteiger charge is 2.37. The number of aryl methyl sites for hydroxylation is 1. The Morgan fingerprint density at radius 3 is 2.58 bits per heavy atom. The fourth-order valence-corrected chi connectivity index (χ4v) is 3.25. The molecule has 1 aromatic carbocycles. The summed E-state index contributed by atoms with van der Waals surface area (Å²) in [5.74, 6) is -2.91. The average Bonchev–Trinajstić information content (AvgIpc) is 2.84. The molecule has 0 saturated heterocycles. The second-order valence-electron chi connectivity index (χ2n) is 5.94. The van der Waals surface area contributed by atoms with E-state index in [0.717, 1.165) is 0 Å². The molecule has 0 amide bonds. The third kappa shape index (κ3) is 2.44. The zero-order valence-electron chi connectivity index (χ0n) is 13.3. The summed E-state index contributed by atoms with van der Waals surface area (Å²) in [5.41, 5.74) is 1.64. The van der Waals surface area contributed by atoms with E-state index < -0.39 is 17.5 Å². The summed E-state index contributed by atoms with van der Waals surface area (Å²) in [7, 11) is 0. The Hall–Kier alpha value is -2.76. The van der Waals surface area contributed by atoms with Gasteiger partial charge in [0, 0.05) is 24.9 Å². The molecule has 1 heterocycles. The van der Waals surface area contributed by atoms with Crippen molar-refractivity contribution in [2.45, 2.75) is 32.7 Å². The van der Waals surface area contributed by atoms with Gasteiger partial charge in [0.25, 0.3) is 0 Å². The number of ketones is 3. The van der Waals surface area contributed by atoms with E-state index in [1.54, 1.807) is 13.0 Å². The summed E-state index contributed by atoms with van der Waals surface area (Å²) in [6.07, 6.45) is 2.55. The topological polar surface area (TPSA) is 86.3 Å². The van der Waals surface area contributed by atoms with E-state index in [1.807, 2.05) is 0 Å². The Morgan fingerprint density at radius 2 is 1.96 bits per heavy atom. The van der Waals surface area contributed by atoms with Crippen LogP contribution in [0.4, 0.5) is 0 Å². The molecule has 6 heteroatoms. The second-order valence-corrected chi connectivity index (χ2v) is 5.94. The normalized spacial score (nSPS) is 15.9. The molecular formula is C18H17NO5. The molecule has 6 nitrogen and oxygen atoms in total. The van der Waals surface area contributed by atoms with Gasteiger partial charge in [0.2, 0.25) is 0 Å². The van der Waals surface area contributed by atoms with Gasteiger partial charge in [0.05, 0.1) is 5.52 Å². The minimum Gasteiger partial charge on any atom is -0.408 e. The van der Waals surface area contributed by atoms with Gasteiger partial charge in [-0.15, -0.1) is 6.58 Å². The van der Waals surface area contributed by atoms with Crippen LogP contribution >= 0.6 is 0 Å². The van der Waals surface area contributed by atoms with E-state index >= 15 is 0 Å². The van der Waals surface area contributed by atoms with Crippen molar-refractivity contribution in [3.05, 3.63) is 46.5 Å². The molecule has 2 aromatic rings. The molecule has 1 aromatic heterocycles. The highest BCUT2D eigenvalue weighted by Crippen LogP contribution is 2.27. The minimum atomic E-state index is -1.22. The predicted octanol–water partition coefficient (Wildman–Crippen LogP) is 2.21. The van der Waals surface area contributed by atoms with Gasteiger partial charge in [-0.1, -0.05) is 6.08 Å². The number of carbonyl (C=O) groups is 3. The highest BCUT2D eigenvalue weighted by atomic mass is 16.4. The number of hydrogen-bond donors (Lipinski definition) is 0. The number of carbonyl (C=O) groups excluding carboxylic acids is 3. The molecule has 0 N–H and O–H groups in total. The fraction of sp³-hybridized carbons (Fsp3) is 0.333. The molecule has 0 aliphatic heterocycles. The number of hydrogen-bond acceptors (Lipinski definition) is 5. The maximum Gasteiger partial charge on any atom is 0.420 e. The minimum absolute atomic E-state index is 0.242. The molecule has 1 aliphatic rings. The largest absolute Gasteiger partial charge is 0.420 e. The number of rotatable bonds is 4. The summed E-state index contributed by atoms with van der Waals surface area (Å²) in [6, 6.07) is 3.03. The first-order valence-electron chi connectivity index (χ1n) is 7.79. The third-order valence-electron chi connectivity index (χ3n) is 4.41. The monoisotopic (exact) mass is 327 g/mol. The first-order valence-corrected chi connectivity index (χ1v) is 7.79.